The minimum Gasteiger partial charge on any atom is -0.497 e. The minimum absolute atomic E-state index is 0.0939. The fourth-order valence-electron chi connectivity index (χ4n) is 2.87. The average molecular weight is 277 g/mol. The maximum atomic E-state index is 12.3. The predicted molar refractivity (Wildman–Crippen MR) is 80.0 cm³/mol. The average Bonchev–Trinajstić information content (AvgIpc) is 2.95. The van der Waals surface area contributed by atoms with Gasteiger partial charge in [0, 0.05) is 24.8 Å². The van der Waals surface area contributed by atoms with Crippen LogP contribution in [0.25, 0.3) is 0 Å². The third-order valence-electron chi connectivity index (χ3n) is 4.06. The van der Waals surface area contributed by atoms with Crippen LogP contribution in [0.5, 0.6) is 5.75 Å². The van der Waals surface area contributed by atoms with Crippen LogP contribution in [0, 0.1) is 5.92 Å². The van der Waals surface area contributed by atoms with E-state index >= 15 is 0 Å². The van der Waals surface area contributed by atoms with Gasteiger partial charge in [0.15, 0.2) is 0 Å². The first-order chi connectivity index (χ1) is 9.65. The Morgan fingerprint density at radius 3 is 3.00 bits per heavy atom. The van der Waals surface area contributed by atoms with E-state index in [0.29, 0.717) is 12.5 Å². The number of nitrogens with zero attached hydrogens (tertiary/aromatic N) is 1. The van der Waals surface area contributed by atoms with E-state index in [0.717, 1.165) is 30.7 Å². The molecular formula is C15H23N3O2. The van der Waals surface area contributed by atoms with Crippen LogP contribution in [0.2, 0.25) is 0 Å². The van der Waals surface area contributed by atoms with Crippen LogP contribution in [0.1, 0.15) is 19.3 Å². The number of carbonyl (C=O) groups excluding carboxylic acids is 1. The highest BCUT2D eigenvalue weighted by Crippen LogP contribution is 2.29. The van der Waals surface area contributed by atoms with Gasteiger partial charge in [0.1, 0.15) is 5.75 Å². The fraction of sp³-hybridized carbons (Fsp3) is 0.533. The van der Waals surface area contributed by atoms with E-state index in [1.54, 1.807) is 18.1 Å². The lowest BCUT2D eigenvalue weighted by Gasteiger charge is -2.29. The standard InChI is InChI=1S/C15H23N3O2/c1-18(14-8-3-5-11(14)10-16)15(19)17-12-6-4-7-13(9-12)20-2/h4,6-7,9,11,14H,3,5,8,10,16H2,1-2H3,(H,17,19). The van der Waals surface area contributed by atoms with Gasteiger partial charge in [-0.1, -0.05) is 12.5 Å². The number of hydrogen-bond acceptors (Lipinski definition) is 3. The molecule has 2 unspecified atom stereocenters. The normalized spacial score (nSPS) is 21.6. The molecule has 0 spiro atoms. The number of nitrogens with one attached hydrogen (secondary N) is 1. The highest BCUT2D eigenvalue weighted by Gasteiger charge is 2.31. The van der Waals surface area contributed by atoms with Gasteiger partial charge in [0.25, 0.3) is 0 Å². The largest absolute Gasteiger partial charge is 0.497 e. The predicted octanol–water partition coefficient (Wildman–Crippen LogP) is 2.29. The Balaban J connectivity index is 2.00. The summed E-state index contributed by atoms with van der Waals surface area (Å²) in [6.07, 6.45) is 3.28. The minimum atomic E-state index is -0.0939. The van der Waals surface area contributed by atoms with Gasteiger partial charge in [0.2, 0.25) is 0 Å². The molecule has 0 radical (unpaired) electrons. The van der Waals surface area contributed by atoms with Crippen molar-refractivity contribution in [2.45, 2.75) is 25.3 Å². The third kappa shape index (κ3) is 3.22. The van der Waals surface area contributed by atoms with Gasteiger partial charge in [-0.2, -0.15) is 0 Å². The summed E-state index contributed by atoms with van der Waals surface area (Å²) in [7, 11) is 3.45. The monoisotopic (exact) mass is 277 g/mol. The van der Waals surface area contributed by atoms with Crippen LogP contribution in [0.15, 0.2) is 24.3 Å². The molecule has 0 saturated heterocycles. The molecule has 110 valence electrons. The van der Waals surface area contributed by atoms with Crippen LogP contribution < -0.4 is 15.8 Å². The van der Waals surface area contributed by atoms with Crippen molar-refractivity contribution in [3.8, 4) is 5.75 Å². The van der Waals surface area contributed by atoms with Gasteiger partial charge in [-0.05, 0) is 37.4 Å². The van der Waals surface area contributed by atoms with Crippen molar-refractivity contribution in [3.05, 3.63) is 24.3 Å². The van der Waals surface area contributed by atoms with E-state index in [4.69, 9.17) is 10.5 Å². The van der Waals surface area contributed by atoms with E-state index in [1.165, 1.54) is 0 Å². The second kappa shape index (κ2) is 6.61. The van der Waals surface area contributed by atoms with Crippen LogP contribution in [-0.2, 0) is 0 Å². The first-order valence-corrected chi connectivity index (χ1v) is 7.03. The van der Waals surface area contributed by atoms with Crippen LogP contribution in [0.4, 0.5) is 10.5 Å². The molecule has 0 heterocycles. The number of urea groups is 1. The molecule has 0 aromatic heterocycles. The second-order valence-corrected chi connectivity index (χ2v) is 5.27. The molecule has 1 saturated carbocycles. The number of amides is 2. The fourth-order valence-corrected chi connectivity index (χ4v) is 2.87. The zero-order valence-corrected chi connectivity index (χ0v) is 12.1. The molecule has 2 amide bonds. The highest BCUT2D eigenvalue weighted by atomic mass is 16.5. The Morgan fingerprint density at radius 2 is 2.30 bits per heavy atom. The van der Waals surface area contributed by atoms with E-state index < -0.39 is 0 Å². The van der Waals surface area contributed by atoms with Crippen LogP contribution in [0.3, 0.4) is 0 Å². The SMILES string of the molecule is COc1cccc(NC(=O)N(C)C2CCCC2CN)c1. The zero-order valence-electron chi connectivity index (χ0n) is 12.1. The molecule has 20 heavy (non-hydrogen) atoms. The molecule has 2 rings (SSSR count). The van der Waals surface area contributed by atoms with Crippen molar-refractivity contribution < 1.29 is 9.53 Å². The summed E-state index contributed by atoms with van der Waals surface area (Å²) < 4.78 is 5.15. The molecule has 1 fully saturated rings. The molecule has 0 aliphatic heterocycles. The van der Waals surface area contributed by atoms with Crippen molar-refractivity contribution in [2.24, 2.45) is 11.7 Å². The Labute approximate surface area is 120 Å². The number of benzene rings is 1. The molecule has 1 aliphatic rings. The molecule has 1 aromatic rings. The molecule has 2 atom stereocenters. The lowest BCUT2D eigenvalue weighted by Crippen LogP contribution is -2.43. The topological polar surface area (TPSA) is 67.6 Å². The first kappa shape index (κ1) is 14.7. The number of nitrogens with two attached hydrogens (primary N) is 1. The van der Waals surface area contributed by atoms with Gasteiger partial charge in [0.05, 0.1) is 7.11 Å². The van der Waals surface area contributed by atoms with Crippen molar-refractivity contribution in [2.75, 3.05) is 26.0 Å². The maximum Gasteiger partial charge on any atom is 0.321 e. The zero-order chi connectivity index (χ0) is 14.5. The van der Waals surface area contributed by atoms with Gasteiger partial charge in [-0.25, -0.2) is 4.79 Å². The summed E-state index contributed by atoms with van der Waals surface area (Å²) in [6, 6.07) is 7.51. The lowest BCUT2D eigenvalue weighted by atomic mass is 10.0. The van der Waals surface area contributed by atoms with E-state index in [2.05, 4.69) is 5.32 Å². The number of hydrogen-bond donors (Lipinski definition) is 2. The molecule has 0 bridgehead atoms. The van der Waals surface area contributed by atoms with Crippen molar-refractivity contribution in [3.63, 3.8) is 0 Å². The number of rotatable bonds is 4. The number of carbonyl (C=O) groups is 1. The van der Waals surface area contributed by atoms with E-state index in [1.807, 2.05) is 25.2 Å². The Kier molecular flexibility index (Phi) is 4.84. The summed E-state index contributed by atoms with van der Waals surface area (Å²) in [6.45, 7) is 0.640. The summed E-state index contributed by atoms with van der Waals surface area (Å²) in [5.41, 5.74) is 6.52. The molecular weight excluding hydrogens is 254 g/mol. The van der Waals surface area contributed by atoms with Gasteiger partial charge < -0.3 is 20.7 Å². The van der Waals surface area contributed by atoms with Gasteiger partial charge >= 0.3 is 6.03 Å². The summed E-state index contributed by atoms with van der Waals surface area (Å²) >= 11 is 0. The number of methoxy groups -OCH3 is 1. The van der Waals surface area contributed by atoms with Gasteiger partial charge in [-0.3, -0.25) is 0 Å². The Bertz CT molecular complexity index is 464. The molecule has 1 aromatic carbocycles. The van der Waals surface area contributed by atoms with Crippen LogP contribution >= 0.6 is 0 Å². The third-order valence-corrected chi connectivity index (χ3v) is 4.06. The lowest BCUT2D eigenvalue weighted by molar-refractivity contribution is 0.190. The number of ether oxygens (including phenoxy) is 1. The highest BCUT2D eigenvalue weighted by molar-refractivity contribution is 5.89. The smallest absolute Gasteiger partial charge is 0.321 e. The van der Waals surface area contributed by atoms with Crippen molar-refractivity contribution >= 4 is 11.7 Å². The van der Waals surface area contributed by atoms with Gasteiger partial charge in [-0.15, -0.1) is 0 Å². The Hall–Kier alpha value is -1.75. The molecule has 5 heteroatoms. The molecule has 3 N–H and O–H groups in total. The van der Waals surface area contributed by atoms with E-state index in [9.17, 15) is 4.79 Å². The summed E-state index contributed by atoms with van der Waals surface area (Å²) in [5, 5.41) is 2.90. The van der Waals surface area contributed by atoms with Crippen molar-refractivity contribution in [1.82, 2.24) is 4.90 Å². The molecule has 5 nitrogen and oxygen atoms in total. The van der Waals surface area contributed by atoms with E-state index in [-0.39, 0.29) is 12.1 Å². The quantitative estimate of drug-likeness (QED) is 0.887. The maximum absolute atomic E-state index is 12.3. The van der Waals surface area contributed by atoms with Crippen LogP contribution in [-0.4, -0.2) is 37.7 Å². The first-order valence-electron chi connectivity index (χ1n) is 7.03. The second-order valence-electron chi connectivity index (χ2n) is 5.27. The molecule has 1 aliphatic carbocycles. The summed E-state index contributed by atoms with van der Waals surface area (Å²) in [4.78, 5) is 14.1. The number of anilines is 1. The Morgan fingerprint density at radius 1 is 1.50 bits per heavy atom. The summed E-state index contributed by atoms with van der Waals surface area (Å²) in [5.74, 6) is 1.14. The van der Waals surface area contributed by atoms with Crippen molar-refractivity contribution in [1.29, 1.82) is 0 Å².